The molecule has 0 N–H and O–H groups in total. The first-order valence-electron chi connectivity index (χ1n) is 6.23. The molecule has 1 aromatic rings. The monoisotopic (exact) mass is 275 g/mol. The predicted octanol–water partition coefficient (Wildman–Crippen LogP) is 1.72. The van der Waals surface area contributed by atoms with Gasteiger partial charge in [-0.1, -0.05) is 13.8 Å². The number of hydrogen-bond donors (Lipinski definition) is 0. The van der Waals surface area contributed by atoms with Crippen LogP contribution in [0.1, 0.15) is 26.1 Å². The summed E-state index contributed by atoms with van der Waals surface area (Å²) < 4.78 is 30.0. The lowest BCUT2D eigenvalue weighted by Gasteiger charge is -2.08. The van der Waals surface area contributed by atoms with Gasteiger partial charge in [-0.05, 0) is 5.92 Å². The van der Waals surface area contributed by atoms with Gasteiger partial charge in [0.25, 0.3) is 6.43 Å². The molecule has 0 aliphatic carbocycles. The van der Waals surface area contributed by atoms with Crippen LogP contribution in [-0.4, -0.2) is 40.2 Å². The van der Waals surface area contributed by atoms with Crippen LogP contribution in [0.15, 0.2) is 6.33 Å². The summed E-state index contributed by atoms with van der Waals surface area (Å²) in [5.41, 5.74) is 0. The van der Waals surface area contributed by atoms with E-state index in [0.29, 0.717) is 18.3 Å². The molecule has 0 aliphatic rings. The molecule has 0 unspecified atom stereocenters. The molecule has 0 saturated heterocycles. The normalized spacial score (nSPS) is 11.5. The van der Waals surface area contributed by atoms with E-state index in [4.69, 9.17) is 0 Å². The average molecular weight is 275 g/mol. The average Bonchev–Trinajstić information content (AvgIpc) is 2.71. The minimum absolute atomic E-state index is 0.0154. The lowest BCUT2D eigenvalue weighted by atomic mass is 10.2. The lowest BCUT2D eigenvalue weighted by Crippen LogP contribution is -2.15. The van der Waals surface area contributed by atoms with Crippen LogP contribution >= 0.6 is 0 Å². The molecule has 0 spiro atoms. The SMILES string of the molecule is CC(C)Cn1ncnc1CC(=O)CCOCC(F)F. The summed E-state index contributed by atoms with van der Waals surface area (Å²) in [7, 11) is 0. The van der Waals surface area contributed by atoms with Gasteiger partial charge in [0.2, 0.25) is 0 Å². The highest BCUT2D eigenvalue weighted by Gasteiger charge is 2.11. The highest BCUT2D eigenvalue weighted by Crippen LogP contribution is 2.04. The van der Waals surface area contributed by atoms with E-state index in [2.05, 4.69) is 14.8 Å². The third-order valence-electron chi connectivity index (χ3n) is 2.36. The van der Waals surface area contributed by atoms with Crippen LogP contribution < -0.4 is 0 Å². The summed E-state index contributed by atoms with van der Waals surface area (Å²) in [4.78, 5) is 15.7. The fourth-order valence-electron chi connectivity index (χ4n) is 1.55. The molecule has 108 valence electrons. The largest absolute Gasteiger partial charge is 0.375 e. The Morgan fingerprint density at radius 2 is 2.21 bits per heavy atom. The number of ketones is 1. The zero-order chi connectivity index (χ0) is 14.3. The smallest absolute Gasteiger partial charge is 0.261 e. The Kier molecular flexibility index (Phi) is 6.55. The quantitative estimate of drug-likeness (QED) is 0.644. The summed E-state index contributed by atoms with van der Waals surface area (Å²) >= 11 is 0. The Bertz CT molecular complexity index is 394. The molecule has 5 nitrogen and oxygen atoms in total. The zero-order valence-corrected chi connectivity index (χ0v) is 11.2. The molecule has 0 radical (unpaired) electrons. The molecule has 0 amide bonds. The van der Waals surface area contributed by atoms with E-state index in [1.54, 1.807) is 4.68 Å². The van der Waals surface area contributed by atoms with Gasteiger partial charge < -0.3 is 4.74 Å². The molecule has 0 fully saturated rings. The van der Waals surface area contributed by atoms with E-state index >= 15 is 0 Å². The number of carbonyl (C=O) groups excluding carboxylic acids is 1. The van der Waals surface area contributed by atoms with Gasteiger partial charge >= 0.3 is 0 Å². The maximum Gasteiger partial charge on any atom is 0.261 e. The van der Waals surface area contributed by atoms with Crippen molar-refractivity contribution in [3.05, 3.63) is 12.2 Å². The maximum absolute atomic E-state index is 11.8. The second-order valence-electron chi connectivity index (χ2n) is 4.68. The van der Waals surface area contributed by atoms with E-state index < -0.39 is 13.0 Å². The molecule has 0 aliphatic heterocycles. The molecule has 0 bridgehead atoms. The van der Waals surface area contributed by atoms with Crippen molar-refractivity contribution < 1.29 is 18.3 Å². The van der Waals surface area contributed by atoms with Crippen molar-refractivity contribution in [2.24, 2.45) is 5.92 Å². The Morgan fingerprint density at radius 3 is 2.84 bits per heavy atom. The van der Waals surface area contributed by atoms with Crippen LogP contribution in [-0.2, 0) is 22.5 Å². The third-order valence-corrected chi connectivity index (χ3v) is 2.36. The van der Waals surface area contributed by atoms with Gasteiger partial charge in [-0.3, -0.25) is 4.79 Å². The molecule has 0 saturated carbocycles. The highest BCUT2D eigenvalue weighted by molar-refractivity contribution is 5.80. The first-order chi connectivity index (χ1) is 8.99. The lowest BCUT2D eigenvalue weighted by molar-refractivity contribution is -0.120. The van der Waals surface area contributed by atoms with Crippen molar-refractivity contribution >= 4 is 5.78 Å². The number of ether oxygens (including phenoxy) is 1. The molecular formula is C12H19F2N3O2. The summed E-state index contributed by atoms with van der Waals surface area (Å²) in [5, 5.41) is 4.05. The van der Waals surface area contributed by atoms with E-state index in [0.717, 1.165) is 0 Å². The van der Waals surface area contributed by atoms with Crippen molar-refractivity contribution in [3.8, 4) is 0 Å². The van der Waals surface area contributed by atoms with Gasteiger partial charge in [-0.25, -0.2) is 18.4 Å². The standard InChI is InChI=1S/C12H19F2N3O2/c1-9(2)6-17-12(15-8-16-17)5-10(18)3-4-19-7-11(13)14/h8-9,11H,3-7H2,1-2H3. The molecule has 7 heteroatoms. The minimum atomic E-state index is -2.50. The minimum Gasteiger partial charge on any atom is -0.375 e. The second kappa shape index (κ2) is 7.93. The van der Waals surface area contributed by atoms with Crippen molar-refractivity contribution in [1.82, 2.24) is 14.8 Å². The van der Waals surface area contributed by atoms with Crippen LogP contribution in [0.4, 0.5) is 8.78 Å². The molecule has 19 heavy (non-hydrogen) atoms. The Hall–Kier alpha value is -1.37. The number of halogens is 2. The van der Waals surface area contributed by atoms with Gasteiger partial charge in [0.05, 0.1) is 13.0 Å². The van der Waals surface area contributed by atoms with Crippen LogP contribution in [0.3, 0.4) is 0 Å². The number of rotatable bonds is 9. The fourth-order valence-corrected chi connectivity index (χ4v) is 1.55. The van der Waals surface area contributed by atoms with Gasteiger partial charge in [0.15, 0.2) is 0 Å². The van der Waals surface area contributed by atoms with Crippen LogP contribution in [0.25, 0.3) is 0 Å². The Balaban J connectivity index is 2.34. The summed E-state index contributed by atoms with van der Waals surface area (Å²) in [6, 6.07) is 0. The molecule has 1 heterocycles. The first kappa shape index (κ1) is 15.7. The number of aromatic nitrogens is 3. The number of alkyl halides is 2. The second-order valence-corrected chi connectivity index (χ2v) is 4.68. The van der Waals surface area contributed by atoms with Gasteiger partial charge in [-0.15, -0.1) is 0 Å². The van der Waals surface area contributed by atoms with Crippen LogP contribution in [0.2, 0.25) is 0 Å². The molecule has 0 aromatic carbocycles. The van der Waals surface area contributed by atoms with Crippen molar-refractivity contribution in [3.63, 3.8) is 0 Å². The van der Waals surface area contributed by atoms with E-state index in [1.165, 1.54) is 6.33 Å². The van der Waals surface area contributed by atoms with E-state index in [1.807, 2.05) is 13.8 Å². The maximum atomic E-state index is 11.8. The van der Waals surface area contributed by atoms with Gasteiger partial charge in [-0.2, -0.15) is 5.10 Å². The molecule has 0 atom stereocenters. The fraction of sp³-hybridized carbons (Fsp3) is 0.750. The van der Waals surface area contributed by atoms with Crippen LogP contribution in [0.5, 0.6) is 0 Å². The summed E-state index contributed by atoms with van der Waals surface area (Å²) in [5.74, 6) is 0.921. The zero-order valence-electron chi connectivity index (χ0n) is 11.2. The Morgan fingerprint density at radius 1 is 1.47 bits per heavy atom. The first-order valence-corrected chi connectivity index (χ1v) is 6.23. The van der Waals surface area contributed by atoms with E-state index in [-0.39, 0.29) is 25.2 Å². The number of hydrogen-bond acceptors (Lipinski definition) is 4. The van der Waals surface area contributed by atoms with Gasteiger partial charge in [0.1, 0.15) is 24.5 Å². The predicted molar refractivity (Wildman–Crippen MR) is 65.0 cm³/mol. The Labute approximate surface area is 111 Å². The van der Waals surface area contributed by atoms with Crippen molar-refractivity contribution in [1.29, 1.82) is 0 Å². The van der Waals surface area contributed by atoms with Crippen LogP contribution in [0, 0.1) is 5.92 Å². The molecular weight excluding hydrogens is 256 g/mol. The topological polar surface area (TPSA) is 57.0 Å². The highest BCUT2D eigenvalue weighted by atomic mass is 19.3. The molecule has 1 rings (SSSR count). The van der Waals surface area contributed by atoms with Crippen molar-refractivity contribution in [2.75, 3.05) is 13.2 Å². The van der Waals surface area contributed by atoms with Gasteiger partial charge in [0, 0.05) is 13.0 Å². The number of carbonyl (C=O) groups is 1. The molecule has 1 aromatic heterocycles. The van der Waals surface area contributed by atoms with Crippen molar-refractivity contribution in [2.45, 2.75) is 39.7 Å². The van der Waals surface area contributed by atoms with E-state index in [9.17, 15) is 13.6 Å². The number of nitrogens with zero attached hydrogens (tertiary/aromatic N) is 3. The number of Topliss-reactive ketones (excluding diaryl/α,β-unsaturated/α-hetero) is 1. The summed E-state index contributed by atoms with van der Waals surface area (Å²) in [6.45, 7) is 4.18. The summed E-state index contributed by atoms with van der Waals surface area (Å²) in [6.07, 6.45) is -0.811. The third kappa shape index (κ3) is 6.37.